The minimum absolute atomic E-state index is 0.0946. The second-order valence-electron chi connectivity index (χ2n) is 3.93. The van der Waals surface area contributed by atoms with Gasteiger partial charge in [0.1, 0.15) is 5.60 Å². The zero-order valence-electron chi connectivity index (χ0n) is 9.14. The lowest BCUT2D eigenvalue weighted by atomic mass is 9.89. The van der Waals surface area contributed by atoms with E-state index in [1.807, 2.05) is 0 Å². The first kappa shape index (κ1) is 11.3. The van der Waals surface area contributed by atoms with Crippen LogP contribution in [-0.4, -0.2) is 19.2 Å². The molecule has 1 heterocycles. The molecular formula is C11H13NO3S. The number of aliphatic hydroxyl groups is 1. The Morgan fingerprint density at radius 3 is 2.62 bits per heavy atom. The van der Waals surface area contributed by atoms with Gasteiger partial charge in [0.05, 0.1) is 10.6 Å². The van der Waals surface area contributed by atoms with Crippen molar-refractivity contribution in [2.45, 2.75) is 30.8 Å². The molecule has 16 heavy (non-hydrogen) atoms. The van der Waals surface area contributed by atoms with Crippen molar-refractivity contribution in [3.05, 3.63) is 29.8 Å². The van der Waals surface area contributed by atoms with Gasteiger partial charge in [-0.1, -0.05) is 25.1 Å². The molecule has 1 aliphatic heterocycles. The largest absolute Gasteiger partial charge is 0.379 e. The van der Waals surface area contributed by atoms with E-state index in [0.29, 0.717) is 12.0 Å². The van der Waals surface area contributed by atoms with E-state index in [1.54, 1.807) is 32.0 Å². The van der Waals surface area contributed by atoms with E-state index in [9.17, 15) is 13.5 Å². The zero-order valence-corrected chi connectivity index (χ0v) is 9.95. The maximum absolute atomic E-state index is 11.8. The van der Waals surface area contributed by atoms with Gasteiger partial charge in [0, 0.05) is 5.56 Å². The molecule has 0 amide bonds. The van der Waals surface area contributed by atoms with Gasteiger partial charge in [-0.25, -0.2) is 0 Å². The average Bonchev–Trinajstić information content (AvgIpc) is 2.24. The van der Waals surface area contributed by atoms with Crippen molar-refractivity contribution >= 4 is 15.7 Å². The molecule has 0 aromatic heterocycles. The van der Waals surface area contributed by atoms with Gasteiger partial charge in [0.25, 0.3) is 10.0 Å². The number of benzene rings is 1. The SMILES string of the molecule is CCC1=NS(=O)(=O)c2ccccc2C1(C)O. The predicted octanol–water partition coefficient (Wildman–Crippen LogP) is 1.45. The van der Waals surface area contributed by atoms with Crippen molar-refractivity contribution in [3.8, 4) is 0 Å². The molecule has 0 saturated carbocycles. The fraction of sp³-hybridized carbons (Fsp3) is 0.364. The normalized spacial score (nSPS) is 27.1. The van der Waals surface area contributed by atoms with Crippen molar-refractivity contribution in [1.29, 1.82) is 0 Å². The van der Waals surface area contributed by atoms with Crippen molar-refractivity contribution < 1.29 is 13.5 Å². The molecule has 1 unspecified atom stereocenters. The van der Waals surface area contributed by atoms with Crippen LogP contribution in [0, 0.1) is 0 Å². The highest BCUT2D eigenvalue weighted by Gasteiger charge is 2.39. The first-order chi connectivity index (χ1) is 7.39. The Kier molecular flexibility index (Phi) is 2.40. The summed E-state index contributed by atoms with van der Waals surface area (Å²) in [4.78, 5) is 0.0946. The Morgan fingerprint density at radius 2 is 2.00 bits per heavy atom. The third kappa shape index (κ3) is 1.47. The smallest absolute Gasteiger partial charge is 0.282 e. The molecule has 0 aliphatic carbocycles. The summed E-state index contributed by atoms with van der Waals surface area (Å²) >= 11 is 0. The summed E-state index contributed by atoms with van der Waals surface area (Å²) in [6.45, 7) is 3.35. The quantitative estimate of drug-likeness (QED) is 0.806. The topological polar surface area (TPSA) is 66.7 Å². The van der Waals surface area contributed by atoms with Gasteiger partial charge in [-0.05, 0) is 19.4 Å². The summed E-state index contributed by atoms with van der Waals surface area (Å²) in [5, 5.41) is 10.3. The van der Waals surface area contributed by atoms with E-state index in [2.05, 4.69) is 4.40 Å². The van der Waals surface area contributed by atoms with Crippen LogP contribution in [0.3, 0.4) is 0 Å². The van der Waals surface area contributed by atoms with Crippen LogP contribution in [0.15, 0.2) is 33.6 Å². The molecular weight excluding hydrogens is 226 g/mol. The highest BCUT2D eigenvalue weighted by Crippen LogP contribution is 2.35. The van der Waals surface area contributed by atoms with Crippen LogP contribution >= 0.6 is 0 Å². The Morgan fingerprint density at radius 1 is 1.38 bits per heavy atom. The lowest BCUT2D eigenvalue weighted by Gasteiger charge is -2.30. The Labute approximate surface area is 94.7 Å². The molecule has 1 aromatic carbocycles. The number of rotatable bonds is 1. The molecule has 0 saturated heterocycles. The standard InChI is InChI=1S/C11H13NO3S/c1-3-10-11(2,13)8-6-4-5-7-9(8)16(14,15)12-10/h4-7,13H,3H2,1-2H3. The Hall–Kier alpha value is -1.20. The molecule has 1 N–H and O–H groups in total. The third-order valence-corrected chi connectivity index (χ3v) is 4.19. The van der Waals surface area contributed by atoms with E-state index in [1.165, 1.54) is 6.07 Å². The second-order valence-corrected chi connectivity index (χ2v) is 5.51. The molecule has 5 heteroatoms. The van der Waals surface area contributed by atoms with Crippen LogP contribution in [0.1, 0.15) is 25.8 Å². The van der Waals surface area contributed by atoms with Gasteiger partial charge < -0.3 is 5.11 Å². The predicted molar refractivity (Wildman–Crippen MR) is 60.9 cm³/mol. The number of sulfonamides is 1. The van der Waals surface area contributed by atoms with Crippen molar-refractivity contribution in [2.24, 2.45) is 4.40 Å². The van der Waals surface area contributed by atoms with Crippen molar-refractivity contribution in [1.82, 2.24) is 0 Å². The zero-order chi connectivity index (χ0) is 12.0. The summed E-state index contributed by atoms with van der Waals surface area (Å²) < 4.78 is 27.3. The Bertz CT molecular complexity index is 558. The molecule has 1 atom stereocenters. The molecule has 1 aliphatic rings. The van der Waals surface area contributed by atoms with Crippen molar-refractivity contribution in [3.63, 3.8) is 0 Å². The molecule has 86 valence electrons. The van der Waals surface area contributed by atoms with Crippen LogP contribution in [0.2, 0.25) is 0 Å². The first-order valence-corrected chi connectivity index (χ1v) is 6.50. The van der Waals surface area contributed by atoms with E-state index < -0.39 is 15.6 Å². The fourth-order valence-corrected chi connectivity index (χ4v) is 3.43. The monoisotopic (exact) mass is 239 g/mol. The van der Waals surface area contributed by atoms with Crippen LogP contribution in [0.4, 0.5) is 0 Å². The molecule has 2 rings (SSSR count). The molecule has 0 bridgehead atoms. The lowest BCUT2D eigenvalue weighted by Crippen LogP contribution is -2.37. The van der Waals surface area contributed by atoms with Crippen LogP contribution in [-0.2, 0) is 15.6 Å². The second kappa shape index (κ2) is 3.40. The molecule has 0 fully saturated rings. The third-order valence-electron chi connectivity index (χ3n) is 2.82. The average molecular weight is 239 g/mol. The molecule has 0 radical (unpaired) electrons. The summed E-state index contributed by atoms with van der Waals surface area (Å²) in [6, 6.07) is 6.42. The number of hydrogen-bond donors (Lipinski definition) is 1. The van der Waals surface area contributed by atoms with Crippen LogP contribution < -0.4 is 0 Å². The molecule has 1 aromatic rings. The first-order valence-electron chi connectivity index (χ1n) is 5.06. The summed E-state index contributed by atoms with van der Waals surface area (Å²) in [5.74, 6) is 0. The summed E-state index contributed by atoms with van der Waals surface area (Å²) in [5.41, 5.74) is -0.607. The van der Waals surface area contributed by atoms with E-state index in [-0.39, 0.29) is 10.6 Å². The molecule has 4 nitrogen and oxygen atoms in total. The van der Waals surface area contributed by atoms with Gasteiger partial charge in [0.15, 0.2) is 0 Å². The maximum atomic E-state index is 11.8. The fourth-order valence-electron chi connectivity index (χ4n) is 1.94. The summed E-state index contributed by atoms with van der Waals surface area (Å²) in [6.07, 6.45) is 0.403. The van der Waals surface area contributed by atoms with E-state index in [4.69, 9.17) is 0 Å². The number of fused-ring (bicyclic) bond motifs is 1. The highest BCUT2D eigenvalue weighted by atomic mass is 32.2. The van der Waals surface area contributed by atoms with Gasteiger partial charge in [-0.3, -0.25) is 0 Å². The van der Waals surface area contributed by atoms with Crippen LogP contribution in [0.5, 0.6) is 0 Å². The van der Waals surface area contributed by atoms with Crippen LogP contribution in [0.25, 0.3) is 0 Å². The number of nitrogens with zero attached hydrogens (tertiary/aromatic N) is 1. The number of hydrogen-bond acceptors (Lipinski definition) is 3. The van der Waals surface area contributed by atoms with E-state index in [0.717, 1.165) is 0 Å². The minimum atomic E-state index is -3.65. The maximum Gasteiger partial charge on any atom is 0.282 e. The van der Waals surface area contributed by atoms with Crippen molar-refractivity contribution in [2.75, 3.05) is 0 Å². The highest BCUT2D eigenvalue weighted by molar-refractivity contribution is 7.90. The minimum Gasteiger partial charge on any atom is -0.379 e. The van der Waals surface area contributed by atoms with Gasteiger partial charge in [0.2, 0.25) is 0 Å². The lowest BCUT2D eigenvalue weighted by molar-refractivity contribution is 0.127. The molecule has 0 spiro atoms. The van der Waals surface area contributed by atoms with E-state index >= 15 is 0 Å². The summed E-state index contributed by atoms with van der Waals surface area (Å²) in [7, 11) is -3.65. The van der Waals surface area contributed by atoms with Gasteiger partial charge in [-0.15, -0.1) is 0 Å². The van der Waals surface area contributed by atoms with Gasteiger partial charge >= 0.3 is 0 Å². The Balaban J connectivity index is 2.80. The van der Waals surface area contributed by atoms with Gasteiger partial charge in [-0.2, -0.15) is 12.8 Å².